The average Bonchev–Trinajstić information content (AvgIpc) is 3.30. The predicted molar refractivity (Wildman–Crippen MR) is 131 cm³/mol. The third-order valence-corrected chi connectivity index (χ3v) is 6.69. The molecule has 0 bridgehead atoms. The van der Waals surface area contributed by atoms with E-state index >= 15 is 0 Å². The van der Waals surface area contributed by atoms with Crippen LogP contribution in [0.3, 0.4) is 0 Å². The molecule has 9 heteroatoms. The first-order valence-corrected chi connectivity index (χ1v) is 12.7. The van der Waals surface area contributed by atoms with Crippen LogP contribution in [0.15, 0.2) is 76.2 Å². The molecule has 1 aliphatic heterocycles. The van der Waals surface area contributed by atoms with E-state index in [1.54, 1.807) is 24.5 Å². The number of hydrogen-bond acceptors (Lipinski definition) is 6. The number of ether oxygens (including phenoxy) is 1. The summed E-state index contributed by atoms with van der Waals surface area (Å²) in [4.78, 5) is 4.54. The zero-order valence-electron chi connectivity index (χ0n) is 19.3. The molecule has 1 aliphatic rings. The Labute approximate surface area is 203 Å². The van der Waals surface area contributed by atoms with Crippen molar-refractivity contribution in [2.45, 2.75) is 37.2 Å². The SMILES string of the molecule is Cc1ccc(S(=O)(=O)O)cc1.Fc1cc2occc2cc1COc1cccc(C2CCNCC2)n1. The average molecular weight is 499 g/mol. The minimum Gasteiger partial charge on any atom is -0.473 e. The molecule has 0 radical (unpaired) electrons. The van der Waals surface area contributed by atoms with E-state index in [0.29, 0.717) is 22.9 Å². The molecule has 0 aliphatic carbocycles. The van der Waals surface area contributed by atoms with E-state index in [0.717, 1.165) is 42.6 Å². The fraction of sp³-hybridized carbons (Fsp3) is 0.269. The summed E-state index contributed by atoms with van der Waals surface area (Å²) in [5, 5.41) is 4.22. The maximum atomic E-state index is 14.1. The fourth-order valence-electron chi connectivity index (χ4n) is 3.86. The number of halogens is 1. The first kappa shape index (κ1) is 24.8. The third-order valence-electron chi connectivity index (χ3n) is 5.82. The standard InChI is InChI=1S/C19H19FN2O2.C7H8O3S/c20-16-11-18-14(6-9-23-18)10-15(16)12-24-19-3-1-2-17(22-19)13-4-7-21-8-5-13;1-6-2-4-7(5-3-6)11(8,9)10/h1-3,6,9-11,13,21H,4-5,7-8,12H2;2-5H,1H3,(H,8,9,10). The molecule has 1 fully saturated rings. The van der Waals surface area contributed by atoms with Gasteiger partial charge in [0.2, 0.25) is 5.88 Å². The number of benzene rings is 2. The van der Waals surface area contributed by atoms with Gasteiger partial charge in [0.15, 0.2) is 0 Å². The molecule has 2 N–H and O–H groups in total. The topological polar surface area (TPSA) is 102 Å². The van der Waals surface area contributed by atoms with Crippen molar-refractivity contribution < 1.29 is 26.5 Å². The Bertz CT molecular complexity index is 1380. The van der Waals surface area contributed by atoms with Crippen molar-refractivity contribution in [1.29, 1.82) is 0 Å². The van der Waals surface area contributed by atoms with Gasteiger partial charge in [-0.15, -0.1) is 0 Å². The van der Waals surface area contributed by atoms with Gasteiger partial charge in [0, 0.05) is 34.7 Å². The van der Waals surface area contributed by atoms with Crippen LogP contribution >= 0.6 is 0 Å². The molecule has 0 spiro atoms. The first-order chi connectivity index (χ1) is 16.8. The predicted octanol–water partition coefficient (Wildman–Crippen LogP) is 5.25. The Balaban J connectivity index is 0.000000221. The highest BCUT2D eigenvalue weighted by atomic mass is 32.2. The summed E-state index contributed by atoms with van der Waals surface area (Å²) in [6, 6.07) is 16.8. The summed E-state index contributed by atoms with van der Waals surface area (Å²) in [6.07, 6.45) is 3.73. The minimum absolute atomic E-state index is 0.0666. The van der Waals surface area contributed by atoms with Crippen LogP contribution in [-0.4, -0.2) is 31.0 Å². The Hall–Kier alpha value is -3.27. The summed E-state index contributed by atoms with van der Waals surface area (Å²) in [5.41, 5.74) is 3.05. The van der Waals surface area contributed by atoms with Crippen molar-refractivity contribution in [2.75, 3.05) is 13.1 Å². The van der Waals surface area contributed by atoms with Crippen molar-refractivity contribution >= 4 is 21.1 Å². The zero-order valence-corrected chi connectivity index (χ0v) is 20.1. The van der Waals surface area contributed by atoms with Gasteiger partial charge in [-0.05, 0) is 63.2 Å². The van der Waals surface area contributed by atoms with E-state index in [1.807, 2.05) is 31.2 Å². The highest BCUT2D eigenvalue weighted by Gasteiger charge is 2.17. The number of rotatable bonds is 5. The molecule has 1 saturated heterocycles. The monoisotopic (exact) mass is 498 g/mol. The van der Waals surface area contributed by atoms with E-state index in [4.69, 9.17) is 13.7 Å². The van der Waals surface area contributed by atoms with Crippen LogP contribution in [0.25, 0.3) is 11.0 Å². The lowest BCUT2D eigenvalue weighted by molar-refractivity contribution is 0.286. The molecule has 184 valence electrons. The number of hydrogen-bond donors (Lipinski definition) is 2. The molecule has 0 saturated carbocycles. The second-order valence-electron chi connectivity index (χ2n) is 8.40. The Morgan fingerprint density at radius 1 is 1.11 bits per heavy atom. The smallest absolute Gasteiger partial charge is 0.294 e. The van der Waals surface area contributed by atoms with Gasteiger partial charge in [0.1, 0.15) is 18.0 Å². The number of aryl methyl sites for hydroxylation is 1. The number of aromatic nitrogens is 1. The summed E-state index contributed by atoms with van der Waals surface area (Å²) in [5.74, 6) is 0.679. The number of piperidine rings is 1. The van der Waals surface area contributed by atoms with E-state index in [9.17, 15) is 12.8 Å². The van der Waals surface area contributed by atoms with Crippen molar-refractivity contribution in [2.24, 2.45) is 0 Å². The fourth-order valence-corrected chi connectivity index (χ4v) is 4.34. The minimum atomic E-state index is -4.02. The maximum absolute atomic E-state index is 14.1. The number of furan rings is 1. The zero-order chi connectivity index (χ0) is 24.8. The summed E-state index contributed by atoms with van der Waals surface area (Å²) < 4.78 is 54.6. The second-order valence-corrected chi connectivity index (χ2v) is 9.83. The third kappa shape index (κ3) is 6.66. The molecular formula is C26H27FN2O5S. The molecule has 2 aromatic carbocycles. The van der Waals surface area contributed by atoms with Crippen LogP contribution in [0.5, 0.6) is 5.88 Å². The quantitative estimate of drug-likeness (QED) is 0.362. The molecule has 0 atom stereocenters. The summed E-state index contributed by atoms with van der Waals surface area (Å²) in [6.45, 7) is 4.03. The number of pyridine rings is 1. The van der Waals surface area contributed by atoms with Gasteiger partial charge in [-0.1, -0.05) is 23.8 Å². The molecule has 0 amide bonds. The molecule has 2 aromatic heterocycles. The maximum Gasteiger partial charge on any atom is 0.294 e. The lowest BCUT2D eigenvalue weighted by atomic mass is 9.94. The van der Waals surface area contributed by atoms with Crippen molar-refractivity contribution in [3.8, 4) is 5.88 Å². The van der Waals surface area contributed by atoms with E-state index < -0.39 is 10.1 Å². The Morgan fingerprint density at radius 2 is 1.86 bits per heavy atom. The first-order valence-electron chi connectivity index (χ1n) is 11.3. The second kappa shape index (κ2) is 11.0. The summed E-state index contributed by atoms with van der Waals surface area (Å²) >= 11 is 0. The normalized spacial score (nSPS) is 14.4. The van der Waals surface area contributed by atoms with Crippen molar-refractivity contribution in [1.82, 2.24) is 10.3 Å². The molecule has 4 aromatic rings. The highest BCUT2D eigenvalue weighted by molar-refractivity contribution is 7.85. The van der Waals surface area contributed by atoms with Gasteiger partial charge in [0.05, 0.1) is 11.2 Å². The molecular weight excluding hydrogens is 471 g/mol. The van der Waals surface area contributed by atoms with Crippen LogP contribution in [0.1, 0.15) is 35.6 Å². The molecule has 5 rings (SSSR count). The van der Waals surface area contributed by atoms with Gasteiger partial charge in [0.25, 0.3) is 10.1 Å². The van der Waals surface area contributed by atoms with E-state index in [1.165, 1.54) is 18.2 Å². The van der Waals surface area contributed by atoms with Crippen LogP contribution in [0, 0.1) is 12.7 Å². The van der Waals surface area contributed by atoms with Crippen LogP contribution in [0.4, 0.5) is 4.39 Å². The Morgan fingerprint density at radius 3 is 2.57 bits per heavy atom. The highest BCUT2D eigenvalue weighted by Crippen LogP contribution is 2.26. The van der Waals surface area contributed by atoms with Gasteiger partial charge in [-0.2, -0.15) is 8.42 Å². The van der Waals surface area contributed by atoms with E-state index in [2.05, 4.69) is 10.3 Å². The molecule has 3 heterocycles. The lowest BCUT2D eigenvalue weighted by Gasteiger charge is -2.22. The number of nitrogens with zero attached hydrogens (tertiary/aromatic N) is 1. The van der Waals surface area contributed by atoms with Gasteiger partial charge < -0.3 is 14.5 Å². The van der Waals surface area contributed by atoms with Crippen LogP contribution in [0.2, 0.25) is 0 Å². The van der Waals surface area contributed by atoms with Gasteiger partial charge >= 0.3 is 0 Å². The number of nitrogens with one attached hydrogen (secondary N) is 1. The van der Waals surface area contributed by atoms with Crippen LogP contribution < -0.4 is 10.1 Å². The lowest BCUT2D eigenvalue weighted by Crippen LogP contribution is -2.27. The summed E-state index contributed by atoms with van der Waals surface area (Å²) in [7, 11) is -4.02. The molecule has 7 nitrogen and oxygen atoms in total. The molecule has 35 heavy (non-hydrogen) atoms. The van der Waals surface area contributed by atoms with Crippen LogP contribution in [-0.2, 0) is 16.7 Å². The molecule has 0 unspecified atom stereocenters. The number of fused-ring (bicyclic) bond motifs is 1. The van der Waals surface area contributed by atoms with Gasteiger partial charge in [-0.25, -0.2) is 9.37 Å². The Kier molecular flexibility index (Phi) is 7.80. The van der Waals surface area contributed by atoms with Gasteiger partial charge in [-0.3, -0.25) is 4.55 Å². The van der Waals surface area contributed by atoms with E-state index in [-0.39, 0.29) is 17.3 Å². The van der Waals surface area contributed by atoms with Crippen molar-refractivity contribution in [3.63, 3.8) is 0 Å². The van der Waals surface area contributed by atoms with Crippen molar-refractivity contribution in [3.05, 3.63) is 89.6 Å². The largest absolute Gasteiger partial charge is 0.473 e.